The van der Waals surface area contributed by atoms with E-state index in [0.29, 0.717) is 11.3 Å². The lowest BCUT2D eigenvalue weighted by molar-refractivity contribution is 0.415. The van der Waals surface area contributed by atoms with Crippen LogP contribution in [0.5, 0.6) is 5.75 Å². The van der Waals surface area contributed by atoms with Crippen molar-refractivity contribution in [2.45, 2.75) is 26.2 Å². The van der Waals surface area contributed by atoms with Crippen molar-refractivity contribution in [1.82, 2.24) is 9.78 Å². The first-order valence-corrected chi connectivity index (χ1v) is 6.91. The van der Waals surface area contributed by atoms with Crippen molar-refractivity contribution in [3.8, 4) is 16.9 Å². The average molecular weight is 271 g/mol. The van der Waals surface area contributed by atoms with Crippen LogP contribution in [-0.2, 0) is 7.05 Å². The summed E-state index contributed by atoms with van der Waals surface area (Å²) in [5, 5.41) is 4.65. The van der Waals surface area contributed by atoms with E-state index in [9.17, 15) is 0 Å². The first kappa shape index (κ1) is 13.0. The van der Waals surface area contributed by atoms with Crippen LogP contribution < -0.4 is 10.5 Å². The number of nitrogens with zero attached hydrogens (tertiary/aromatic N) is 2. The highest BCUT2D eigenvalue weighted by Gasteiger charge is 2.49. The standard InChI is InChI=1S/C16H21N3O/c1-16(2)9-12(16)14-13(15(17)19(3)18-14)10-5-7-11(20-4)8-6-10/h5-8,12H,9,17H2,1-4H3. The predicted molar refractivity (Wildman–Crippen MR) is 80.7 cm³/mol. The Morgan fingerprint density at radius 1 is 1.30 bits per heavy atom. The maximum absolute atomic E-state index is 6.23. The molecular weight excluding hydrogens is 250 g/mol. The van der Waals surface area contributed by atoms with Crippen molar-refractivity contribution in [3.05, 3.63) is 30.0 Å². The Morgan fingerprint density at radius 2 is 1.90 bits per heavy atom. The fraction of sp³-hybridized carbons (Fsp3) is 0.438. The van der Waals surface area contributed by atoms with E-state index in [-0.39, 0.29) is 0 Å². The number of benzene rings is 1. The zero-order chi connectivity index (χ0) is 14.5. The molecule has 0 saturated heterocycles. The number of nitrogen functional groups attached to an aromatic ring is 1. The largest absolute Gasteiger partial charge is 0.497 e. The number of anilines is 1. The highest BCUT2D eigenvalue weighted by Crippen LogP contribution is 2.60. The van der Waals surface area contributed by atoms with Gasteiger partial charge < -0.3 is 10.5 Å². The Hall–Kier alpha value is -1.97. The highest BCUT2D eigenvalue weighted by atomic mass is 16.5. The van der Waals surface area contributed by atoms with Gasteiger partial charge in [0.05, 0.1) is 12.8 Å². The van der Waals surface area contributed by atoms with Gasteiger partial charge in [0.2, 0.25) is 0 Å². The zero-order valence-corrected chi connectivity index (χ0v) is 12.5. The van der Waals surface area contributed by atoms with Crippen molar-refractivity contribution >= 4 is 5.82 Å². The normalized spacial score (nSPS) is 19.9. The first-order chi connectivity index (χ1) is 9.44. The fourth-order valence-corrected chi connectivity index (χ4v) is 2.79. The number of methoxy groups -OCH3 is 1. The van der Waals surface area contributed by atoms with Crippen LogP contribution in [0.1, 0.15) is 31.9 Å². The molecule has 1 heterocycles. The molecule has 1 atom stereocenters. The Morgan fingerprint density at radius 3 is 2.40 bits per heavy atom. The number of nitrogens with two attached hydrogens (primary N) is 1. The van der Waals surface area contributed by atoms with E-state index in [1.807, 2.05) is 31.3 Å². The van der Waals surface area contributed by atoms with Crippen molar-refractivity contribution < 1.29 is 4.74 Å². The molecule has 1 aromatic carbocycles. The molecule has 106 valence electrons. The third-order valence-corrected chi connectivity index (χ3v) is 4.34. The molecule has 0 aliphatic heterocycles. The summed E-state index contributed by atoms with van der Waals surface area (Å²) in [5.41, 5.74) is 9.87. The number of hydrogen-bond acceptors (Lipinski definition) is 3. The number of aryl methyl sites for hydroxylation is 1. The quantitative estimate of drug-likeness (QED) is 0.932. The zero-order valence-electron chi connectivity index (χ0n) is 12.5. The average Bonchev–Trinajstić information content (AvgIpc) is 2.96. The number of hydrogen-bond donors (Lipinski definition) is 1. The third-order valence-electron chi connectivity index (χ3n) is 4.34. The van der Waals surface area contributed by atoms with E-state index in [2.05, 4.69) is 18.9 Å². The molecule has 0 amide bonds. The Balaban J connectivity index is 2.07. The molecule has 1 aromatic heterocycles. The van der Waals surface area contributed by atoms with Crippen LogP contribution >= 0.6 is 0 Å². The summed E-state index contributed by atoms with van der Waals surface area (Å²) in [6, 6.07) is 8.02. The van der Waals surface area contributed by atoms with Crippen molar-refractivity contribution in [2.24, 2.45) is 12.5 Å². The Kier molecular flexibility index (Phi) is 2.78. The summed E-state index contributed by atoms with van der Waals surface area (Å²) in [7, 11) is 3.58. The molecule has 2 aromatic rings. The van der Waals surface area contributed by atoms with Crippen LogP contribution in [0.4, 0.5) is 5.82 Å². The topological polar surface area (TPSA) is 53.1 Å². The summed E-state index contributed by atoms with van der Waals surface area (Å²) in [6.07, 6.45) is 1.17. The number of rotatable bonds is 3. The van der Waals surface area contributed by atoms with Crippen LogP contribution in [0, 0.1) is 5.41 Å². The maximum Gasteiger partial charge on any atom is 0.129 e. The van der Waals surface area contributed by atoms with Crippen LogP contribution in [-0.4, -0.2) is 16.9 Å². The molecule has 1 aliphatic rings. The van der Waals surface area contributed by atoms with Crippen LogP contribution in [0.2, 0.25) is 0 Å². The molecule has 4 heteroatoms. The molecule has 1 unspecified atom stereocenters. The minimum Gasteiger partial charge on any atom is -0.497 e. The van der Waals surface area contributed by atoms with E-state index in [0.717, 1.165) is 28.4 Å². The summed E-state index contributed by atoms with van der Waals surface area (Å²) < 4.78 is 6.99. The monoisotopic (exact) mass is 271 g/mol. The predicted octanol–water partition coefficient (Wildman–Crippen LogP) is 3.19. The molecule has 2 N–H and O–H groups in total. The minimum atomic E-state index is 0.335. The summed E-state index contributed by atoms with van der Waals surface area (Å²) in [6.45, 7) is 4.56. The number of aromatic nitrogens is 2. The molecular formula is C16H21N3O. The van der Waals surface area contributed by atoms with Gasteiger partial charge >= 0.3 is 0 Å². The molecule has 0 bridgehead atoms. The smallest absolute Gasteiger partial charge is 0.129 e. The molecule has 4 nitrogen and oxygen atoms in total. The lowest BCUT2D eigenvalue weighted by atomic mass is 9.99. The van der Waals surface area contributed by atoms with Gasteiger partial charge in [0.1, 0.15) is 11.6 Å². The summed E-state index contributed by atoms with van der Waals surface area (Å²) >= 11 is 0. The maximum atomic E-state index is 6.23. The first-order valence-electron chi connectivity index (χ1n) is 6.91. The van der Waals surface area contributed by atoms with Gasteiger partial charge in [-0.05, 0) is 29.5 Å². The molecule has 20 heavy (non-hydrogen) atoms. The molecule has 1 aliphatic carbocycles. The van der Waals surface area contributed by atoms with Crippen molar-refractivity contribution in [2.75, 3.05) is 12.8 Å². The van der Waals surface area contributed by atoms with Gasteiger partial charge in [0.15, 0.2) is 0 Å². The molecule has 1 saturated carbocycles. The van der Waals surface area contributed by atoms with E-state index >= 15 is 0 Å². The lowest BCUT2D eigenvalue weighted by Gasteiger charge is -2.07. The van der Waals surface area contributed by atoms with Gasteiger partial charge in [-0.1, -0.05) is 26.0 Å². The van der Waals surface area contributed by atoms with Crippen molar-refractivity contribution in [1.29, 1.82) is 0 Å². The Bertz CT molecular complexity index is 640. The molecule has 0 radical (unpaired) electrons. The number of ether oxygens (including phenoxy) is 1. The molecule has 3 rings (SSSR count). The second-order valence-electron chi connectivity index (χ2n) is 6.24. The van der Waals surface area contributed by atoms with Gasteiger partial charge in [0.25, 0.3) is 0 Å². The molecule has 1 fully saturated rings. The van der Waals surface area contributed by atoms with E-state index in [1.54, 1.807) is 11.8 Å². The van der Waals surface area contributed by atoms with Gasteiger partial charge in [-0.25, -0.2) is 0 Å². The van der Waals surface area contributed by atoms with Crippen LogP contribution in [0.25, 0.3) is 11.1 Å². The van der Waals surface area contributed by atoms with E-state index in [1.165, 1.54) is 6.42 Å². The van der Waals surface area contributed by atoms with Gasteiger partial charge in [-0.2, -0.15) is 5.10 Å². The second-order valence-corrected chi connectivity index (χ2v) is 6.24. The summed E-state index contributed by atoms with van der Waals surface area (Å²) in [4.78, 5) is 0. The molecule has 0 spiro atoms. The van der Waals surface area contributed by atoms with Crippen LogP contribution in [0.3, 0.4) is 0 Å². The highest BCUT2D eigenvalue weighted by molar-refractivity contribution is 5.78. The second kappa shape index (κ2) is 4.27. The van der Waals surface area contributed by atoms with E-state index < -0.39 is 0 Å². The van der Waals surface area contributed by atoms with Gasteiger partial charge in [-0.3, -0.25) is 4.68 Å². The van der Waals surface area contributed by atoms with Crippen molar-refractivity contribution in [3.63, 3.8) is 0 Å². The van der Waals surface area contributed by atoms with E-state index in [4.69, 9.17) is 10.5 Å². The Labute approximate surface area is 119 Å². The lowest BCUT2D eigenvalue weighted by Crippen LogP contribution is -1.98. The summed E-state index contributed by atoms with van der Waals surface area (Å²) in [5.74, 6) is 2.08. The fourth-order valence-electron chi connectivity index (χ4n) is 2.79. The minimum absolute atomic E-state index is 0.335. The van der Waals surface area contributed by atoms with Gasteiger partial charge in [0, 0.05) is 18.5 Å². The SMILES string of the molecule is COc1ccc(-c2c(C3CC3(C)C)nn(C)c2N)cc1. The van der Waals surface area contributed by atoms with Crippen LogP contribution in [0.15, 0.2) is 24.3 Å². The third kappa shape index (κ3) is 1.96. The van der Waals surface area contributed by atoms with Gasteiger partial charge in [-0.15, -0.1) is 0 Å².